The van der Waals surface area contributed by atoms with E-state index < -0.39 is 11.8 Å². The molecule has 1 saturated heterocycles. The number of imidazole rings is 1. The Morgan fingerprint density at radius 2 is 2.11 bits per heavy atom. The topological polar surface area (TPSA) is 148 Å². The molecule has 1 atom stereocenters. The van der Waals surface area contributed by atoms with Crippen molar-refractivity contribution in [3.63, 3.8) is 0 Å². The number of fused-ring (bicyclic) bond motifs is 1. The summed E-state index contributed by atoms with van der Waals surface area (Å²) in [6.07, 6.45) is 5.51. The second-order valence-electron chi connectivity index (χ2n) is 6.89. The van der Waals surface area contributed by atoms with Gasteiger partial charge in [-0.15, -0.1) is 0 Å². The molecule has 1 aliphatic heterocycles. The minimum atomic E-state index is -0.499. The molecule has 4 N–H and O–H groups in total. The fourth-order valence-corrected chi connectivity index (χ4v) is 3.13. The predicted molar refractivity (Wildman–Crippen MR) is 94.1 cm³/mol. The Bertz CT molecular complexity index is 1190. The van der Waals surface area contributed by atoms with Crippen LogP contribution in [0.5, 0.6) is 5.88 Å². The molecular weight excluding hydrogens is 352 g/mol. The summed E-state index contributed by atoms with van der Waals surface area (Å²) in [5.74, 6) is 0.236. The average molecular weight is 370 g/mol. The van der Waals surface area contributed by atoms with Crippen LogP contribution in [0.15, 0.2) is 16.0 Å². The van der Waals surface area contributed by atoms with Gasteiger partial charge in [0, 0.05) is 18.3 Å². The first-order chi connectivity index (χ1) is 13.1. The summed E-state index contributed by atoms with van der Waals surface area (Å²) < 4.78 is 1.56. The van der Waals surface area contributed by atoms with Crippen LogP contribution in [0, 0.1) is 0 Å². The number of aromatic amines is 2. The summed E-state index contributed by atoms with van der Waals surface area (Å²) in [6, 6.07) is 0.252. The van der Waals surface area contributed by atoms with Crippen molar-refractivity contribution < 1.29 is 10.2 Å². The van der Waals surface area contributed by atoms with E-state index in [1.165, 1.54) is 0 Å². The van der Waals surface area contributed by atoms with Crippen molar-refractivity contribution in [1.29, 1.82) is 0 Å². The largest absolute Gasteiger partial charge is 0.493 e. The Labute approximate surface area is 151 Å². The van der Waals surface area contributed by atoms with Crippen molar-refractivity contribution in [2.45, 2.75) is 31.4 Å². The summed E-state index contributed by atoms with van der Waals surface area (Å²) >= 11 is 0. The van der Waals surface area contributed by atoms with E-state index in [1.54, 1.807) is 16.8 Å². The number of β-amino-alcohol motifs (C(OH)–C–C–N with tert-alkyl or cyclic N) is 1. The standard InChI is InChI=1S/C16H18N8O3/c25-10-3-4-23(7-10)14-20-12-8(5-11-13(26)21-16(27)19-11)6-17-24(12)15(22-14)18-9-1-2-9/h5-6,9-10,25-26H,1-4,7H2,(H2,19,21,27)/b8-5+,18-15?/t10-/m0/s1. The van der Waals surface area contributed by atoms with E-state index in [0.717, 1.165) is 12.8 Å². The van der Waals surface area contributed by atoms with Crippen molar-refractivity contribution in [1.82, 2.24) is 29.5 Å². The molecule has 140 valence electrons. The maximum absolute atomic E-state index is 11.4. The van der Waals surface area contributed by atoms with Gasteiger partial charge in [0.15, 0.2) is 5.65 Å². The molecule has 0 unspecified atom stereocenters. The van der Waals surface area contributed by atoms with Crippen LogP contribution in [-0.4, -0.2) is 65.0 Å². The average Bonchev–Trinajstić information content (AvgIpc) is 3.04. The molecule has 2 fully saturated rings. The molecule has 0 spiro atoms. The van der Waals surface area contributed by atoms with Crippen LogP contribution in [0.2, 0.25) is 0 Å². The van der Waals surface area contributed by atoms with E-state index in [2.05, 4.69) is 30.0 Å². The highest BCUT2D eigenvalue weighted by Crippen LogP contribution is 2.22. The van der Waals surface area contributed by atoms with Gasteiger partial charge in [-0.25, -0.2) is 9.79 Å². The molecule has 1 aliphatic carbocycles. The number of nitrogens with zero attached hydrogens (tertiary/aromatic N) is 6. The van der Waals surface area contributed by atoms with Gasteiger partial charge in [-0.1, -0.05) is 0 Å². The van der Waals surface area contributed by atoms with E-state index in [4.69, 9.17) is 0 Å². The molecule has 1 saturated carbocycles. The lowest BCUT2D eigenvalue weighted by molar-refractivity contribution is 0.198. The van der Waals surface area contributed by atoms with Crippen LogP contribution >= 0.6 is 0 Å². The molecule has 3 aromatic heterocycles. The molecular formula is C16H18N8O3. The third-order valence-corrected chi connectivity index (χ3v) is 4.69. The highest BCUT2D eigenvalue weighted by atomic mass is 16.3. The Kier molecular flexibility index (Phi) is 3.50. The number of hydrogen-bond donors (Lipinski definition) is 4. The van der Waals surface area contributed by atoms with Crippen molar-refractivity contribution in [2.24, 2.45) is 4.99 Å². The summed E-state index contributed by atoms with van der Waals surface area (Å²) in [5, 5.41) is 24.6. The molecule has 3 aromatic rings. The molecule has 11 heteroatoms. The molecule has 27 heavy (non-hydrogen) atoms. The number of hydrogen-bond acceptors (Lipinski definition) is 8. The molecule has 0 aromatic carbocycles. The van der Waals surface area contributed by atoms with Gasteiger partial charge in [0.2, 0.25) is 11.8 Å². The van der Waals surface area contributed by atoms with Crippen molar-refractivity contribution in [3.8, 4) is 5.88 Å². The molecule has 5 rings (SSSR count). The summed E-state index contributed by atoms with van der Waals surface area (Å²) in [6.45, 7) is 1.14. The van der Waals surface area contributed by atoms with Crippen LogP contribution in [0.4, 0.5) is 5.95 Å². The van der Waals surface area contributed by atoms with Gasteiger partial charge in [-0.3, -0.25) is 4.98 Å². The molecule has 4 heterocycles. The van der Waals surface area contributed by atoms with E-state index >= 15 is 0 Å². The number of aliphatic hydroxyl groups excluding tert-OH is 1. The maximum Gasteiger partial charge on any atom is 0.326 e. The van der Waals surface area contributed by atoms with Crippen LogP contribution in [0.3, 0.4) is 0 Å². The van der Waals surface area contributed by atoms with E-state index in [1.807, 2.05) is 4.90 Å². The quantitative estimate of drug-likeness (QED) is 0.418. The number of aliphatic hydroxyl groups is 1. The van der Waals surface area contributed by atoms with E-state index in [-0.39, 0.29) is 17.6 Å². The van der Waals surface area contributed by atoms with Gasteiger partial charge in [0.25, 0.3) is 5.62 Å². The van der Waals surface area contributed by atoms with Crippen molar-refractivity contribution >= 4 is 17.7 Å². The molecule has 11 nitrogen and oxygen atoms in total. The van der Waals surface area contributed by atoms with E-state index in [0.29, 0.717) is 41.9 Å². The highest BCUT2D eigenvalue weighted by Gasteiger charge is 2.25. The lowest BCUT2D eigenvalue weighted by Gasteiger charge is -2.14. The molecule has 0 amide bonds. The zero-order valence-corrected chi connectivity index (χ0v) is 14.3. The monoisotopic (exact) mass is 370 g/mol. The first kappa shape index (κ1) is 16.0. The zero-order valence-electron chi connectivity index (χ0n) is 14.3. The number of H-pyrrole nitrogens is 2. The van der Waals surface area contributed by atoms with Crippen molar-refractivity contribution in [2.75, 3.05) is 18.0 Å². The van der Waals surface area contributed by atoms with Crippen LogP contribution < -0.4 is 21.4 Å². The summed E-state index contributed by atoms with van der Waals surface area (Å²) in [5.41, 5.74) is 0.723. The Hall–Kier alpha value is -3.21. The molecule has 2 aliphatic rings. The van der Waals surface area contributed by atoms with Gasteiger partial charge < -0.3 is 20.1 Å². The van der Waals surface area contributed by atoms with Gasteiger partial charge >= 0.3 is 5.69 Å². The smallest absolute Gasteiger partial charge is 0.326 e. The minimum Gasteiger partial charge on any atom is -0.493 e. The van der Waals surface area contributed by atoms with Crippen LogP contribution in [0.25, 0.3) is 11.7 Å². The molecule has 0 bridgehead atoms. The summed E-state index contributed by atoms with van der Waals surface area (Å²) in [7, 11) is 0. The molecule has 0 radical (unpaired) electrons. The number of aromatic nitrogens is 6. The van der Waals surface area contributed by atoms with Gasteiger partial charge in [-0.2, -0.15) is 19.6 Å². The minimum absolute atomic E-state index is 0.243. The lowest BCUT2D eigenvalue weighted by atomic mass is 10.3. The Morgan fingerprint density at radius 1 is 1.26 bits per heavy atom. The number of anilines is 1. The van der Waals surface area contributed by atoms with Gasteiger partial charge in [0.05, 0.1) is 18.3 Å². The van der Waals surface area contributed by atoms with Gasteiger partial charge in [0.1, 0.15) is 5.69 Å². The Morgan fingerprint density at radius 3 is 2.78 bits per heavy atom. The normalized spacial score (nSPS) is 21.7. The van der Waals surface area contributed by atoms with Crippen molar-refractivity contribution in [3.05, 3.63) is 33.2 Å². The second-order valence-corrected chi connectivity index (χ2v) is 6.89. The first-order valence-electron chi connectivity index (χ1n) is 8.82. The number of aromatic hydroxyl groups is 1. The Balaban J connectivity index is 1.71. The van der Waals surface area contributed by atoms with E-state index in [9.17, 15) is 15.0 Å². The summed E-state index contributed by atoms with van der Waals surface area (Å²) in [4.78, 5) is 31.8. The SMILES string of the molecule is O=c1[nH]c(O)c(/C=c2\cnn3c(=NC4CC4)nc(N4CC[C@H](O)C4)nc23)[nH]1. The second kappa shape index (κ2) is 5.91. The fourth-order valence-electron chi connectivity index (χ4n) is 3.13. The number of rotatable bonds is 3. The third kappa shape index (κ3) is 2.95. The fraction of sp³-hybridized carbons (Fsp3) is 0.438. The zero-order chi connectivity index (χ0) is 18.5. The third-order valence-electron chi connectivity index (χ3n) is 4.69. The number of nitrogens with one attached hydrogen (secondary N) is 2. The lowest BCUT2D eigenvalue weighted by Crippen LogP contribution is -2.30. The maximum atomic E-state index is 11.4. The van der Waals surface area contributed by atoms with Crippen LogP contribution in [-0.2, 0) is 0 Å². The predicted octanol–water partition coefficient (Wildman–Crippen LogP) is -1.97. The van der Waals surface area contributed by atoms with Crippen LogP contribution in [0.1, 0.15) is 25.0 Å². The highest BCUT2D eigenvalue weighted by molar-refractivity contribution is 5.57. The first-order valence-corrected chi connectivity index (χ1v) is 8.82. The van der Waals surface area contributed by atoms with Gasteiger partial charge in [-0.05, 0) is 25.3 Å².